The second-order valence-electron chi connectivity index (χ2n) is 6.24. The van der Waals surface area contributed by atoms with E-state index in [-0.39, 0.29) is 0 Å². The van der Waals surface area contributed by atoms with Crippen LogP contribution in [0.2, 0.25) is 0 Å². The Balaban J connectivity index is 1.68. The molecule has 1 aliphatic rings. The van der Waals surface area contributed by atoms with Crippen molar-refractivity contribution in [2.24, 2.45) is 10.9 Å². The second-order valence-corrected chi connectivity index (χ2v) is 6.24. The van der Waals surface area contributed by atoms with Gasteiger partial charge in [0.2, 0.25) is 0 Å². The minimum Gasteiger partial charge on any atom is -0.381 e. The fourth-order valence-electron chi connectivity index (χ4n) is 2.34. The lowest BCUT2D eigenvalue weighted by molar-refractivity contribution is 0.123. The van der Waals surface area contributed by atoms with Crippen LogP contribution in [0.25, 0.3) is 0 Å². The summed E-state index contributed by atoms with van der Waals surface area (Å²) in [5, 5.41) is 6.65. The zero-order chi connectivity index (χ0) is 17.0. The second kappa shape index (κ2) is 11.0. The smallest absolute Gasteiger partial charge is 0.191 e. The van der Waals surface area contributed by atoms with Gasteiger partial charge in [-0.2, -0.15) is 0 Å². The Morgan fingerprint density at radius 1 is 1.17 bits per heavy atom. The van der Waals surface area contributed by atoms with E-state index in [9.17, 15) is 0 Å². The van der Waals surface area contributed by atoms with Gasteiger partial charge in [-0.1, -0.05) is 24.3 Å². The van der Waals surface area contributed by atoms with Gasteiger partial charge in [-0.15, -0.1) is 0 Å². The van der Waals surface area contributed by atoms with Crippen LogP contribution in [0, 0.1) is 5.92 Å². The molecule has 1 aliphatic carbocycles. The summed E-state index contributed by atoms with van der Waals surface area (Å²) in [5.41, 5.74) is 2.38. The summed E-state index contributed by atoms with van der Waals surface area (Å²) in [4.78, 5) is 4.64. The zero-order valence-electron chi connectivity index (χ0n) is 15.0. The molecule has 0 aliphatic heterocycles. The average Bonchev–Trinajstić information content (AvgIpc) is 3.41. The summed E-state index contributed by atoms with van der Waals surface area (Å²) < 4.78 is 10.8. The molecule has 0 unspecified atom stereocenters. The highest BCUT2D eigenvalue weighted by atomic mass is 16.5. The van der Waals surface area contributed by atoms with Crippen LogP contribution in [-0.2, 0) is 22.6 Å². The van der Waals surface area contributed by atoms with E-state index < -0.39 is 0 Å². The fraction of sp³-hybridized carbons (Fsp3) is 0.632. The van der Waals surface area contributed by atoms with Gasteiger partial charge in [0.05, 0.1) is 13.2 Å². The maximum atomic E-state index is 5.65. The molecule has 1 saturated carbocycles. The minimum absolute atomic E-state index is 0.649. The van der Waals surface area contributed by atoms with E-state index in [1.165, 1.54) is 24.0 Å². The molecule has 5 heteroatoms. The van der Waals surface area contributed by atoms with Gasteiger partial charge in [-0.25, -0.2) is 4.99 Å². The highest BCUT2D eigenvalue weighted by Crippen LogP contribution is 2.28. The van der Waals surface area contributed by atoms with E-state index in [0.29, 0.717) is 13.2 Å². The molecule has 24 heavy (non-hydrogen) atoms. The summed E-state index contributed by atoms with van der Waals surface area (Å²) in [5.74, 6) is 1.70. The first kappa shape index (κ1) is 18.7. The van der Waals surface area contributed by atoms with E-state index >= 15 is 0 Å². The Morgan fingerprint density at radius 2 is 1.92 bits per heavy atom. The van der Waals surface area contributed by atoms with E-state index in [1.807, 2.05) is 0 Å². The summed E-state index contributed by atoms with van der Waals surface area (Å²) in [6, 6.07) is 8.39. The van der Waals surface area contributed by atoms with Crippen molar-refractivity contribution in [1.82, 2.24) is 10.6 Å². The lowest BCUT2D eigenvalue weighted by Crippen LogP contribution is -2.38. The number of hydrogen-bond acceptors (Lipinski definition) is 3. The Morgan fingerprint density at radius 3 is 2.58 bits per heavy atom. The molecule has 5 nitrogen and oxygen atoms in total. The van der Waals surface area contributed by atoms with Gasteiger partial charge in [0.1, 0.15) is 0 Å². The van der Waals surface area contributed by atoms with Gasteiger partial charge in [-0.3, -0.25) is 0 Å². The van der Waals surface area contributed by atoms with Crippen molar-refractivity contribution in [1.29, 1.82) is 0 Å². The molecular weight excluding hydrogens is 302 g/mol. The molecule has 0 spiro atoms. The molecule has 0 aromatic heterocycles. The average molecular weight is 333 g/mol. The summed E-state index contributed by atoms with van der Waals surface area (Å²) in [6.07, 6.45) is 3.70. The van der Waals surface area contributed by atoms with Gasteiger partial charge in [0.25, 0.3) is 0 Å². The Hall–Kier alpha value is -1.59. The molecule has 0 saturated heterocycles. The van der Waals surface area contributed by atoms with Crippen LogP contribution >= 0.6 is 0 Å². The Labute approximate surface area is 145 Å². The predicted octanol–water partition coefficient (Wildman–Crippen LogP) is 2.70. The number of nitrogens with zero attached hydrogens (tertiary/aromatic N) is 1. The minimum atomic E-state index is 0.649. The molecule has 134 valence electrons. The number of nitrogens with one attached hydrogen (secondary N) is 2. The van der Waals surface area contributed by atoms with E-state index in [0.717, 1.165) is 44.6 Å². The predicted molar refractivity (Wildman–Crippen MR) is 98.1 cm³/mol. The normalized spacial score (nSPS) is 14.7. The van der Waals surface area contributed by atoms with Gasteiger partial charge < -0.3 is 20.1 Å². The van der Waals surface area contributed by atoms with E-state index in [4.69, 9.17) is 9.47 Å². The summed E-state index contributed by atoms with van der Waals surface area (Å²) in [7, 11) is 1.71. The van der Waals surface area contributed by atoms with E-state index in [1.54, 1.807) is 7.11 Å². The molecule has 1 aromatic rings. The largest absolute Gasteiger partial charge is 0.381 e. The Kier molecular flexibility index (Phi) is 8.63. The van der Waals surface area contributed by atoms with Crippen molar-refractivity contribution in [3.63, 3.8) is 0 Å². The molecule has 2 rings (SSSR count). The molecule has 1 aromatic carbocycles. The van der Waals surface area contributed by atoms with Crippen molar-refractivity contribution >= 4 is 5.96 Å². The van der Waals surface area contributed by atoms with E-state index in [2.05, 4.69) is 46.8 Å². The maximum absolute atomic E-state index is 5.65. The number of guanidine groups is 1. The lowest BCUT2D eigenvalue weighted by Gasteiger charge is -2.11. The summed E-state index contributed by atoms with van der Waals surface area (Å²) in [6.45, 7) is 6.89. The number of benzene rings is 1. The van der Waals surface area contributed by atoms with Crippen molar-refractivity contribution in [2.45, 2.75) is 39.3 Å². The van der Waals surface area contributed by atoms with Crippen molar-refractivity contribution < 1.29 is 9.47 Å². The van der Waals surface area contributed by atoms with Crippen LogP contribution in [0.15, 0.2) is 29.3 Å². The standard InChI is InChI=1S/C19H31N3O2/c1-3-20-19(21-11-4-12-24-15-18-9-10-18)22-13-16-5-7-17(8-6-16)14-23-2/h5-8,18H,3-4,9-15H2,1-2H3,(H2,20,21,22). The first-order chi connectivity index (χ1) is 11.8. The third-order valence-corrected chi connectivity index (χ3v) is 3.91. The summed E-state index contributed by atoms with van der Waals surface area (Å²) >= 11 is 0. The molecule has 2 N–H and O–H groups in total. The van der Waals surface area contributed by atoms with Gasteiger partial charge >= 0.3 is 0 Å². The van der Waals surface area contributed by atoms with Gasteiger partial charge in [0, 0.05) is 33.4 Å². The number of rotatable bonds is 11. The van der Waals surface area contributed by atoms with Crippen LogP contribution in [-0.4, -0.2) is 39.4 Å². The van der Waals surface area contributed by atoms with Crippen molar-refractivity contribution in [3.8, 4) is 0 Å². The Bertz CT molecular complexity index is 484. The monoisotopic (exact) mass is 333 g/mol. The molecular formula is C19H31N3O2. The first-order valence-electron chi connectivity index (χ1n) is 8.98. The van der Waals surface area contributed by atoms with Crippen LogP contribution < -0.4 is 10.6 Å². The van der Waals surface area contributed by atoms with Crippen molar-refractivity contribution in [3.05, 3.63) is 35.4 Å². The quantitative estimate of drug-likeness (QED) is 0.371. The van der Waals surface area contributed by atoms with Crippen LogP contribution in [0.3, 0.4) is 0 Å². The molecule has 0 atom stereocenters. The number of hydrogen-bond donors (Lipinski definition) is 2. The topological polar surface area (TPSA) is 54.9 Å². The molecule has 1 fully saturated rings. The van der Waals surface area contributed by atoms with Crippen LogP contribution in [0.4, 0.5) is 0 Å². The number of ether oxygens (including phenoxy) is 2. The lowest BCUT2D eigenvalue weighted by atomic mass is 10.1. The van der Waals surface area contributed by atoms with Crippen LogP contribution in [0.1, 0.15) is 37.3 Å². The molecule has 0 amide bonds. The zero-order valence-corrected chi connectivity index (χ0v) is 15.0. The van der Waals surface area contributed by atoms with Crippen LogP contribution in [0.5, 0.6) is 0 Å². The van der Waals surface area contributed by atoms with Gasteiger partial charge in [-0.05, 0) is 43.2 Å². The number of aliphatic imine (C=N–C) groups is 1. The highest BCUT2D eigenvalue weighted by Gasteiger charge is 2.20. The third-order valence-electron chi connectivity index (χ3n) is 3.91. The van der Waals surface area contributed by atoms with Gasteiger partial charge in [0.15, 0.2) is 5.96 Å². The molecule has 0 bridgehead atoms. The van der Waals surface area contributed by atoms with Crippen molar-refractivity contribution in [2.75, 3.05) is 33.4 Å². The SMILES string of the molecule is CCNC(=NCc1ccc(COC)cc1)NCCCOCC1CC1. The number of methoxy groups -OCH3 is 1. The maximum Gasteiger partial charge on any atom is 0.191 e. The third kappa shape index (κ3) is 7.79. The fourth-order valence-corrected chi connectivity index (χ4v) is 2.34. The molecule has 0 radical (unpaired) electrons. The molecule has 0 heterocycles. The highest BCUT2D eigenvalue weighted by molar-refractivity contribution is 5.79. The first-order valence-corrected chi connectivity index (χ1v) is 8.98.